The van der Waals surface area contributed by atoms with E-state index < -0.39 is 17.8 Å². The Balaban J connectivity index is 1.63. The average Bonchev–Trinajstić information content (AvgIpc) is 2.83. The van der Waals surface area contributed by atoms with Crippen LogP contribution in [-0.4, -0.2) is 30.1 Å². The number of anilines is 1. The molecule has 35 heavy (non-hydrogen) atoms. The molecular weight excluding hydrogens is 584 g/mol. The number of nitrogens with one attached hydrogen (secondary N) is 1. The molecule has 0 saturated carbocycles. The third kappa shape index (κ3) is 5.39. The van der Waals surface area contributed by atoms with Crippen LogP contribution in [0.3, 0.4) is 0 Å². The number of imide groups is 2. The van der Waals surface area contributed by atoms with Crippen LogP contribution in [0.2, 0.25) is 0 Å². The molecule has 0 spiro atoms. The summed E-state index contributed by atoms with van der Waals surface area (Å²) < 4.78 is 12.9. The predicted octanol–water partition coefficient (Wildman–Crippen LogP) is 5.17. The van der Waals surface area contributed by atoms with Gasteiger partial charge in [0.05, 0.1) is 17.3 Å². The van der Waals surface area contributed by atoms with Gasteiger partial charge in [0.2, 0.25) is 0 Å². The van der Waals surface area contributed by atoms with Gasteiger partial charge < -0.3 is 14.6 Å². The Kier molecular flexibility index (Phi) is 7.23. The fourth-order valence-electron chi connectivity index (χ4n) is 3.36. The van der Waals surface area contributed by atoms with Crippen molar-refractivity contribution in [2.24, 2.45) is 0 Å². The molecule has 1 aliphatic heterocycles. The SMILES string of the molecule is COc1cc(/C=C2\C(=O)NC(=O)N(c3ccc(O)cc3)C2=O)cc(Br)c1OCc1ccc(Br)cc1. The van der Waals surface area contributed by atoms with Gasteiger partial charge >= 0.3 is 6.03 Å². The fraction of sp³-hybridized carbons (Fsp3) is 0.0800. The van der Waals surface area contributed by atoms with Crippen molar-refractivity contribution in [2.75, 3.05) is 12.0 Å². The molecule has 8 nitrogen and oxygen atoms in total. The number of carbonyl (C=O) groups excluding carboxylic acids is 3. The zero-order valence-corrected chi connectivity index (χ0v) is 21.4. The maximum atomic E-state index is 13.1. The summed E-state index contributed by atoms with van der Waals surface area (Å²) >= 11 is 6.87. The lowest BCUT2D eigenvalue weighted by Gasteiger charge is -2.26. The average molecular weight is 602 g/mol. The monoisotopic (exact) mass is 600 g/mol. The molecule has 3 aromatic carbocycles. The van der Waals surface area contributed by atoms with Crippen LogP contribution in [0.25, 0.3) is 6.08 Å². The highest BCUT2D eigenvalue weighted by Crippen LogP contribution is 2.38. The number of phenols is 1. The quantitative estimate of drug-likeness (QED) is 0.298. The van der Waals surface area contributed by atoms with E-state index in [-0.39, 0.29) is 17.0 Å². The number of barbiturate groups is 1. The number of amides is 4. The second-order valence-corrected chi connectivity index (χ2v) is 9.19. The molecule has 1 heterocycles. The highest BCUT2D eigenvalue weighted by molar-refractivity contribution is 9.10. The first-order valence-electron chi connectivity index (χ1n) is 10.2. The van der Waals surface area contributed by atoms with Crippen molar-refractivity contribution in [3.63, 3.8) is 0 Å². The second-order valence-electron chi connectivity index (χ2n) is 7.42. The first-order valence-corrected chi connectivity index (χ1v) is 11.8. The molecule has 4 amide bonds. The van der Waals surface area contributed by atoms with Crippen LogP contribution in [0.5, 0.6) is 17.2 Å². The van der Waals surface area contributed by atoms with Crippen LogP contribution in [0, 0.1) is 0 Å². The lowest BCUT2D eigenvalue weighted by atomic mass is 10.1. The summed E-state index contributed by atoms with van der Waals surface area (Å²) in [5.74, 6) is -0.794. The molecule has 0 aromatic heterocycles. The first-order chi connectivity index (χ1) is 16.8. The molecule has 178 valence electrons. The summed E-state index contributed by atoms with van der Waals surface area (Å²) in [6.45, 7) is 0.299. The van der Waals surface area contributed by atoms with Crippen molar-refractivity contribution in [1.82, 2.24) is 5.32 Å². The van der Waals surface area contributed by atoms with Crippen molar-refractivity contribution in [2.45, 2.75) is 6.61 Å². The zero-order valence-electron chi connectivity index (χ0n) is 18.2. The summed E-state index contributed by atoms with van der Waals surface area (Å²) in [5.41, 5.74) is 1.40. The van der Waals surface area contributed by atoms with Crippen molar-refractivity contribution < 1.29 is 29.0 Å². The molecule has 4 rings (SSSR count). The normalized spacial score (nSPS) is 14.8. The predicted molar refractivity (Wildman–Crippen MR) is 136 cm³/mol. The number of urea groups is 1. The van der Waals surface area contributed by atoms with E-state index in [9.17, 15) is 19.5 Å². The van der Waals surface area contributed by atoms with Gasteiger partial charge in [0.15, 0.2) is 11.5 Å². The van der Waals surface area contributed by atoms with E-state index in [1.54, 1.807) is 12.1 Å². The van der Waals surface area contributed by atoms with Crippen LogP contribution < -0.4 is 19.7 Å². The van der Waals surface area contributed by atoms with E-state index in [0.29, 0.717) is 28.1 Å². The van der Waals surface area contributed by atoms with Crippen LogP contribution in [0.15, 0.2) is 75.2 Å². The van der Waals surface area contributed by atoms with E-state index in [1.807, 2.05) is 24.3 Å². The second kappa shape index (κ2) is 10.3. The number of halogens is 2. The van der Waals surface area contributed by atoms with Crippen LogP contribution in [0.4, 0.5) is 10.5 Å². The Morgan fingerprint density at radius 3 is 2.34 bits per heavy atom. The number of rotatable bonds is 6. The number of hydrogen-bond acceptors (Lipinski definition) is 6. The molecule has 0 radical (unpaired) electrons. The van der Waals surface area contributed by atoms with Gasteiger partial charge in [-0.15, -0.1) is 0 Å². The van der Waals surface area contributed by atoms with E-state index in [0.717, 1.165) is 14.9 Å². The number of nitrogens with zero attached hydrogens (tertiary/aromatic N) is 1. The van der Waals surface area contributed by atoms with Gasteiger partial charge in [-0.2, -0.15) is 0 Å². The lowest BCUT2D eigenvalue weighted by Crippen LogP contribution is -2.54. The number of ether oxygens (including phenoxy) is 2. The van der Waals surface area contributed by atoms with E-state index >= 15 is 0 Å². The highest BCUT2D eigenvalue weighted by Gasteiger charge is 2.36. The number of aromatic hydroxyl groups is 1. The van der Waals surface area contributed by atoms with Crippen LogP contribution >= 0.6 is 31.9 Å². The lowest BCUT2D eigenvalue weighted by molar-refractivity contribution is -0.122. The van der Waals surface area contributed by atoms with Gasteiger partial charge in [-0.3, -0.25) is 14.9 Å². The Hall–Kier alpha value is -3.63. The molecule has 1 fully saturated rings. The summed E-state index contributed by atoms with van der Waals surface area (Å²) in [7, 11) is 1.48. The Morgan fingerprint density at radius 2 is 1.69 bits per heavy atom. The molecule has 1 aliphatic rings. The standard InChI is InChI=1S/C25H18Br2N2O6/c1-34-21-12-15(11-20(27)22(21)35-13-14-2-4-16(26)5-3-14)10-19-23(31)28-25(33)29(24(19)32)17-6-8-18(30)9-7-17/h2-12,30H,13H2,1H3,(H,28,31,33)/b19-10+. The topological polar surface area (TPSA) is 105 Å². The Labute approximate surface area is 217 Å². The molecule has 0 unspecified atom stereocenters. The van der Waals surface area contributed by atoms with Gasteiger partial charge in [0.1, 0.15) is 17.9 Å². The molecule has 3 aromatic rings. The third-order valence-electron chi connectivity index (χ3n) is 5.07. The Bertz CT molecular complexity index is 1340. The summed E-state index contributed by atoms with van der Waals surface area (Å²) in [4.78, 5) is 38.7. The van der Waals surface area contributed by atoms with Crippen molar-refractivity contribution >= 4 is 61.5 Å². The zero-order chi connectivity index (χ0) is 25.1. The van der Waals surface area contributed by atoms with E-state index in [2.05, 4.69) is 37.2 Å². The minimum Gasteiger partial charge on any atom is -0.508 e. The smallest absolute Gasteiger partial charge is 0.335 e. The van der Waals surface area contributed by atoms with Crippen molar-refractivity contribution in [3.8, 4) is 17.2 Å². The fourth-order valence-corrected chi connectivity index (χ4v) is 4.20. The molecule has 0 bridgehead atoms. The van der Waals surface area contributed by atoms with Gasteiger partial charge in [-0.25, -0.2) is 9.69 Å². The molecule has 2 N–H and O–H groups in total. The molecule has 1 saturated heterocycles. The van der Waals surface area contributed by atoms with Gasteiger partial charge in [-0.1, -0.05) is 28.1 Å². The maximum Gasteiger partial charge on any atom is 0.335 e. The highest BCUT2D eigenvalue weighted by atomic mass is 79.9. The summed E-state index contributed by atoms with van der Waals surface area (Å²) in [6.07, 6.45) is 1.36. The van der Waals surface area contributed by atoms with E-state index in [4.69, 9.17) is 9.47 Å². The van der Waals surface area contributed by atoms with Crippen molar-refractivity contribution in [3.05, 3.63) is 86.3 Å². The van der Waals surface area contributed by atoms with Crippen LogP contribution in [-0.2, 0) is 16.2 Å². The number of phenolic OH excluding ortho intramolecular Hbond substituents is 1. The number of benzene rings is 3. The number of hydrogen-bond donors (Lipinski definition) is 2. The van der Waals surface area contributed by atoms with Crippen molar-refractivity contribution in [1.29, 1.82) is 0 Å². The van der Waals surface area contributed by atoms with Gasteiger partial charge in [0, 0.05) is 4.47 Å². The molecule has 10 heteroatoms. The minimum absolute atomic E-state index is 0.0233. The summed E-state index contributed by atoms with van der Waals surface area (Å²) in [5, 5.41) is 11.7. The Morgan fingerprint density at radius 1 is 1.00 bits per heavy atom. The molecule has 0 atom stereocenters. The number of carbonyl (C=O) groups is 3. The van der Waals surface area contributed by atoms with Crippen LogP contribution in [0.1, 0.15) is 11.1 Å². The largest absolute Gasteiger partial charge is 0.508 e. The van der Waals surface area contributed by atoms with Gasteiger partial charge in [-0.05, 0) is 81.7 Å². The maximum absolute atomic E-state index is 13.1. The van der Waals surface area contributed by atoms with E-state index in [1.165, 1.54) is 37.5 Å². The molecular formula is C25H18Br2N2O6. The summed E-state index contributed by atoms with van der Waals surface area (Å²) in [6, 6.07) is 15.6. The minimum atomic E-state index is -0.877. The molecule has 0 aliphatic carbocycles. The third-order valence-corrected chi connectivity index (χ3v) is 6.19. The number of methoxy groups -OCH3 is 1. The first kappa shape index (κ1) is 24.5. The van der Waals surface area contributed by atoms with Gasteiger partial charge in [0.25, 0.3) is 11.8 Å².